The van der Waals surface area contributed by atoms with E-state index in [9.17, 15) is 22.0 Å². The van der Waals surface area contributed by atoms with Crippen molar-refractivity contribution >= 4 is 15.9 Å². The van der Waals surface area contributed by atoms with Gasteiger partial charge >= 0.3 is 6.18 Å². The van der Waals surface area contributed by atoms with Gasteiger partial charge in [-0.1, -0.05) is 28.1 Å². The van der Waals surface area contributed by atoms with E-state index in [2.05, 4.69) is 15.9 Å². The van der Waals surface area contributed by atoms with Crippen molar-refractivity contribution in [1.29, 1.82) is 0 Å². The normalized spacial score (nSPS) is 12.5. The Kier molecular flexibility index (Phi) is 8.31. The van der Waals surface area contributed by atoms with Crippen molar-refractivity contribution < 1.29 is 36.2 Å². The third kappa shape index (κ3) is 7.43. The second-order valence-corrected chi connectivity index (χ2v) is 8.21. The summed E-state index contributed by atoms with van der Waals surface area (Å²) in [5, 5.41) is 0. The lowest BCUT2D eigenvalue weighted by Gasteiger charge is -2.21. The first-order chi connectivity index (χ1) is 15.6. The van der Waals surface area contributed by atoms with Crippen molar-refractivity contribution in [2.75, 3.05) is 13.2 Å². The van der Waals surface area contributed by atoms with Crippen molar-refractivity contribution in [3.63, 3.8) is 0 Å². The summed E-state index contributed by atoms with van der Waals surface area (Å²) < 4.78 is 84.5. The minimum atomic E-state index is -4.58. The molecule has 0 heterocycles. The van der Waals surface area contributed by atoms with E-state index in [0.717, 1.165) is 16.6 Å². The Hall–Kier alpha value is -2.65. The summed E-state index contributed by atoms with van der Waals surface area (Å²) in [6, 6.07) is 14.5. The van der Waals surface area contributed by atoms with Gasteiger partial charge in [-0.2, -0.15) is 13.2 Å². The molecule has 3 nitrogen and oxygen atoms in total. The Morgan fingerprint density at radius 3 is 2.21 bits per heavy atom. The monoisotopic (exact) mass is 530 g/mol. The summed E-state index contributed by atoms with van der Waals surface area (Å²) in [7, 11) is 0. The van der Waals surface area contributed by atoms with Gasteiger partial charge in [-0.3, -0.25) is 0 Å². The lowest BCUT2D eigenvalue weighted by Crippen LogP contribution is -2.32. The smallest absolute Gasteiger partial charge is 0.397 e. The van der Waals surface area contributed by atoms with E-state index in [1.54, 1.807) is 24.3 Å². The fourth-order valence-electron chi connectivity index (χ4n) is 2.76. The fourth-order valence-corrected chi connectivity index (χ4v) is 3.03. The third-order valence-corrected chi connectivity index (χ3v) is 5.21. The number of ether oxygens (including phenoxy) is 3. The fraction of sp³-hybridized carbons (Fsp3) is 0.250. The minimum absolute atomic E-state index is 0.000571. The summed E-state index contributed by atoms with van der Waals surface area (Å²) in [6.07, 6.45) is -4.58. The molecule has 0 fully saturated rings. The quantitative estimate of drug-likeness (QED) is 0.266. The number of hydrogen-bond acceptors (Lipinski definition) is 3. The maximum Gasteiger partial charge on any atom is 0.397 e. The molecule has 0 N–H and O–H groups in total. The van der Waals surface area contributed by atoms with E-state index < -0.39 is 36.9 Å². The molecule has 3 aromatic rings. The SMILES string of the molecule is Cc1ccc(OCC(COCc2ccc(F)c(Oc3ccc(Br)cc3)c2)C(F)(F)F)cc1F. The highest BCUT2D eigenvalue weighted by atomic mass is 79.9. The number of hydrogen-bond donors (Lipinski definition) is 0. The van der Waals surface area contributed by atoms with Gasteiger partial charge in [0.2, 0.25) is 0 Å². The molecule has 0 saturated heterocycles. The molecule has 1 unspecified atom stereocenters. The van der Waals surface area contributed by atoms with E-state index in [4.69, 9.17) is 14.2 Å². The highest BCUT2D eigenvalue weighted by molar-refractivity contribution is 9.10. The van der Waals surface area contributed by atoms with Crippen molar-refractivity contribution in [2.24, 2.45) is 5.92 Å². The molecule has 176 valence electrons. The predicted molar refractivity (Wildman–Crippen MR) is 116 cm³/mol. The zero-order chi connectivity index (χ0) is 24.0. The van der Waals surface area contributed by atoms with Gasteiger partial charge in [0.1, 0.15) is 29.8 Å². The lowest BCUT2D eigenvalue weighted by atomic mass is 10.1. The van der Waals surface area contributed by atoms with Crippen LogP contribution in [0.25, 0.3) is 0 Å². The standard InChI is InChI=1S/C24H20BrF5O3/c1-15-2-6-20(11-22(15)27)32-14-17(24(28,29)30)13-31-12-16-3-9-21(26)23(10-16)33-19-7-4-18(25)5-8-19/h2-11,17H,12-14H2,1H3. The highest BCUT2D eigenvalue weighted by Crippen LogP contribution is 2.29. The molecule has 3 rings (SSSR count). The van der Waals surface area contributed by atoms with Gasteiger partial charge in [0, 0.05) is 10.5 Å². The Labute approximate surface area is 196 Å². The molecule has 0 spiro atoms. The molecule has 0 amide bonds. The second-order valence-electron chi connectivity index (χ2n) is 7.30. The molecule has 0 aliphatic heterocycles. The topological polar surface area (TPSA) is 27.7 Å². The number of halogens is 6. The molecular formula is C24H20BrF5O3. The average Bonchev–Trinajstić information content (AvgIpc) is 2.75. The number of rotatable bonds is 9. The van der Waals surface area contributed by atoms with Crippen molar-refractivity contribution in [2.45, 2.75) is 19.7 Å². The molecule has 0 bridgehead atoms. The van der Waals surface area contributed by atoms with E-state index in [1.165, 1.54) is 31.2 Å². The predicted octanol–water partition coefficient (Wildman–Crippen LogP) is 7.60. The van der Waals surface area contributed by atoms with E-state index in [-0.39, 0.29) is 18.1 Å². The van der Waals surface area contributed by atoms with Crippen LogP contribution in [0.2, 0.25) is 0 Å². The Balaban J connectivity index is 1.59. The molecule has 9 heteroatoms. The summed E-state index contributed by atoms with van der Waals surface area (Å²) >= 11 is 3.29. The molecule has 0 saturated carbocycles. The molecule has 1 atom stereocenters. The Morgan fingerprint density at radius 1 is 0.848 bits per heavy atom. The number of aryl methyl sites for hydroxylation is 1. The summed E-state index contributed by atoms with van der Waals surface area (Å²) in [4.78, 5) is 0. The number of benzene rings is 3. The van der Waals surface area contributed by atoms with E-state index >= 15 is 0 Å². The first-order valence-corrected chi connectivity index (χ1v) is 10.7. The molecule has 0 radical (unpaired) electrons. The first kappa shape index (κ1) is 25.0. The molecular weight excluding hydrogens is 511 g/mol. The summed E-state index contributed by atoms with van der Waals surface area (Å²) in [5.74, 6) is -2.78. The van der Waals surface area contributed by atoms with Gasteiger partial charge in [-0.25, -0.2) is 8.78 Å². The number of alkyl halides is 3. The van der Waals surface area contributed by atoms with Crippen LogP contribution in [0.1, 0.15) is 11.1 Å². The van der Waals surface area contributed by atoms with Gasteiger partial charge in [0.15, 0.2) is 11.6 Å². The summed E-state index contributed by atoms with van der Waals surface area (Å²) in [6.45, 7) is -0.0650. The van der Waals surface area contributed by atoms with Crippen LogP contribution in [-0.4, -0.2) is 19.4 Å². The van der Waals surface area contributed by atoms with Gasteiger partial charge < -0.3 is 14.2 Å². The zero-order valence-electron chi connectivity index (χ0n) is 17.5. The van der Waals surface area contributed by atoms with E-state index in [0.29, 0.717) is 16.9 Å². The molecule has 0 aromatic heterocycles. The molecule has 0 aliphatic rings. The van der Waals surface area contributed by atoms with Crippen LogP contribution in [0, 0.1) is 24.5 Å². The van der Waals surface area contributed by atoms with Crippen LogP contribution in [0.4, 0.5) is 22.0 Å². The van der Waals surface area contributed by atoms with Crippen LogP contribution in [0.15, 0.2) is 65.1 Å². The Bertz CT molecular complexity index is 1070. The van der Waals surface area contributed by atoms with Crippen LogP contribution in [0.5, 0.6) is 17.2 Å². The van der Waals surface area contributed by atoms with Crippen molar-refractivity contribution in [1.82, 2.24) is 0 Å². The van der Waals surface area contributed by atoms with Gasteiger partial charge in [-0.15, -0.1) is 0 Å². The lowest BCUT2D eigenvalue weighted by molar-refractivity contribution is -0.196. The average molecular weight is 531 g/mol. The Morgan fingerprint density at radius 2 is 1.55 bits per heavy atom. The molecule has 3 aromatic carbocycles. The van der Waals surface area contributed by atoms with Crippen molar-refractivity contribution in [3.8, 4) is 17.2 Å². The van der Waals surface area contributed by atoms with Gasteiger partial charge in [-0.05, 0) is 60.5 Å². The van der Waals surface area contributed by atoms with Gasteiger partial charge in [0.05, 0.1) is 13.2 Å². The highest BCUT2D eigenvalue weighted by Gasteiger charge is 2.40. The minimum Gasteiger partial charge on any atom is -0.493 e. The third-order valence-electron chi connectivity index (χ3n) is 4.68. The van der Waals surface area contributed by atoms with Crippen LogP contribution >= 0.6 is 15.9 Å². The molecule has 0 aliphatic carbocycles. The second kappa shape index (κ2) is 11.0. The maximum atomic E-state index is 14.1. The molecule has 33 heavy (non-hydrogen) atoms. The van der Waals surface area contributed by atoms with Crippen LogP contribution < -0.4 is 9.47 Å². The zero-order valence-corrected chi connectivity index (χ0v) is 19.1. The van der Waals surface area contributed by atoms with Crippen LogP contribution in [-0.2, 0) is 11.3 Å². The largest absolute Gasteiger partial charge is 0.493 e. The maximum absolute atomic E-state index is 14.1. The first-order valence-electron chi connectivity index (χ1n) is 9.87. The van der Waals surface area contributed by atoms with E-state index in [1.807, 2.05) is 0 Å². The van der Waals surface area contributed by atoms with Crippen molar-refractivity contribution in [3.05, 3.63) is 87.9 Å². The van der Waals surface area contributed by atoms with Gasteiger partial charge in [0.25, 0.3) is 0 Å². The summed E-state index contributed by atoms with van der Waals surface area (Å²) in [5.41, 5.74) is 0.798. The van der Waals surface area contributed by atoms with Crippen LogP contribution in [0.3, 0.4) is 0 Å².